The smallest absolute Gasteiger partial charge is 0.222 e. The van der Waals surface area contributed by atoms with E-state index in [-0.39, 0.29) is 0 Å². The van der Waals surface area contributed by atoms with Gasteiger partial charge >= 0.3 is 0 Å². The van der Waals surface area contributed by atoms with Crippen LogP contribution in [-0.4, -0.2) is 41.4 Å². The molecule has 28 heavy (non-hydrogen) atoms. The van der Waals surface area contributed by atoms with Gasteiger partial charge in [-0.25, -0.2) is 0 Å². The van der Waals surface area contributed by atoms with Crippen LogP contribution in [0.3, 0.4) is 0 Å². The Kier molecular flexibility index (Phi) is 6.07. The highest BCUT2D eigenvalue weighted by Gasteiger charge is 2.38. The second kappa shape index (κ2) is 8.71. The van der Waals surface area contributed by atoms with Crippen LogP contribution in [0.15, 0.2) is 40.8 Å². The van der Waals surface area contributed by atoms with E-state index in [1.54, 1.807) is 0 Å². The molecule has 0 radical (unpaired) electrons. The standard InChI is InChI=1S/C23H29ClN2O2/c1-2-3-12-26-21-11-13-25(15-18(21)7-10-23(26)27)16-20-8-9-22(28-20)17-5-4-6-19(24)14-17/h4-6,8-9,14,18,21H,2-3,7,10-13,15-16H2,1H3/t18-,21+/m1/s1. The van der Waals surface area contributed by atoms with E-state index >= 15 is 0 Å². The predicted molar refractivity (Wildman–Crippen MR) is 112 cm³/mol. The summed E-state index contributed by atoms with van der Waals surface area (Å²) in [7, 11) is 0. The summed E-state index contributed by atoms with van der Waals surface area (Å²) in [6, 6.07) is 12.3. The van der Waals surface area contributed by atoms with Crippen molar-refractivity contribution in [2.24, 2.45) is 5.92 Å². The Hall–Kier alpha value is -1.78. The molecule has 150 valence electrons. The van der Waals surface area contributed by atoms with Gasteiger partial charge in [0.1, 0.15) is 11.5 Å². The minimum Gasteiger partial charge on any atom is -0.460 e. The fourth-order valence-corrected chi connectivity index (χ4v) is 4.86. The first kappa shape index (κ1) is 19.5. The van der Waals surface area contributed by atoms with E-state index in [4.69, 9.17) is 16.0 Å². The van der Waals surface area contributed by atoms with Crippen LogP contribution >= 0.6 is 11.6 Å². The van der Waals surface area contributed by atoms with E-state index in [2.05, 4.69) is 22.8 Å². The van der Waals surface area contributed by atoms with E-state index in [9.17, 15) is 4.79 Å². The number of benzene rings is 1. The summed E-state index contributed by atoms with van der Waals surface area (Å²) in [4.78, 5) is 17.0. The molecule has 0 bridgehead atoms. The van der Waals surface area contributed by atoms with Crippen LogP contribution in [0.4, 0.5) is 0 Å². The van der Waals surface area contributed by atoms with Crippen molar-refractivity contribution in [1.82, 2.24) is 9.80 Å². The average molecular weight is 401 g/mol. The third-order valence-corrected chi connectivity index (χ3v) is 6.37. The van der Waals surface area contributed by atoms with E-state index in [1.807, 2.05) is 30.3 Å². The fourth-order valence-electron chi connectivity index (χ4n) is 4.67. The van der Waals surface area contributed by atoms with Crippen molar-refractivity contribution in [2.45, 2.75) is 51.6 Å². The maximum Gasteiger partial charge on any atom is 0.222 e. The molecule has 1 amide bonds. The van der Waals surface area contributed by atoms with Crippen molar-refractivity contribution >= 4 is 17.5 Å². The largest absolute Gasteiger partial charge is 0.460 e. The molecule has 2 atom stereocenters. The van der Waals surface area contributed by atoms with Gasteiger partial charge in [-0.1, -0.05) is 37.1 Å². The Labute approximate surface area is 172 Å². The third kappa shape index (κ3) is 4.28. The van der Waals surface area contributed by atoms with Gasteiger partial charge in [0.15, 0.2) is 0 Å². The Morgan fingerprint density at radius 2 is 2.11 bits per heavy atom. The van der Waals surface area contributed by atoms with Crippen LogP contribution in [0.5, 0.6) is 0 Å². The van der Waals surface area contributed by atoms with Gasteiger partial charge in [-0.15, -0.1) is 0 Å². The highest BCUT2D eigenvalue weighted by molar-refractivity contribution is 6.30. The number of likely N-dealkylation sites (tertiary alicyclic amines) is 2. The summed E-state index contributed by atoms with van der Waals surface area (Å²) in [5, 5.41) is 0.719. The summed E-state index contributed by atoms with van der Waals surface area (Å²) in [6.07, 6.45) is 5.05. The van der Waals surface area contributed by atoms with Gasteiger partial charge in [0, 0.05) is 42.7 Å². The Morgan fingerprint density at radius 3 is 2.93 bits per heavy atom. The number of furan rings is 1. The molecule has 0 saturated carbocycles. The third-order valence-electron chi connectivity index (χ3n) is 6.13. The highest BCUT2D eigenvalue weighted by atomic mass is 35.5. The first-order valence-electron chi connectivity index (χ1n) is 10.5. The van der Waals surface area contributed by atoms with Gasteiger partial charge in [-0.3, -0.25) is 9.69 Å². The maximum absolute atomic E-state index is 12.4. The lowest BCUT2D eigenvalue weighted by atomic mass is 9.83. The van der Waals surface area contributed by atoms with Crippen LogP contribution in [0.2, 0.25) is 5.02 Å². The number of carbonyl (C=O) groups excluding carboxylic acids is 1. The number of carbonyl (C=O) groups is 1. The summed E-state index contributed by atoms with van der Waals surface area (Å²) in [5.74, 6) is 2.80. The molecule has 0 N–H and O–H groups in total. The number of unbranched alkanes of at least 4 members (excludes halogenated alkanes) is 1. The Balaban J connectivity index is 1.38. The first-order chi connectivity index (χ1) is 13.6. The van der Waals surface area contributed by atoms with Crippen LogP contribution < -0.4 is 0 Å². The number of amides is 1. The van der Waals surface area contributed by atoms with E-state index in [0.29, 0.717) is 24.3 Å². The average Bonchev–Trinajstić information content (AvgIpc) is 3.16. The number of piperidine rings is 2. The molecule has 0 spiro atoms. The topological polar surface area (TPSA) is 36.7 Å². The SMILES string of the molecule is CCCCN1C(=O)CC[C@@H]2CN(Cc3ccc(-c4cccc(Cl)c4)o3)CC[C@@H]21. The van der Waals surface area contributed by atoms with Crippen LogP contribution in [-0.2, 0) is 11.3 Å². The molecule has 5 heteroatoms. The molecule has 1 aromatic heterocycles. The number of fused-ring (bicyclic) bond motifs is 1. The van der Waals surface area contributed by atoms with E-state index in [0.717, 1.165) is 74.0 Å². The second-order valence-corrected chi connectivity index (χ2v) is 8.54. The lowest BCUT2D eigenvalue weighted by molar-refractivity contribution is -0.141. The predicted octanol–water partition coefficient (Wildman–Crippen LogP) is 5.21. The van der Waals surface area contributed by atoms with Crippen molar-refractivity contribution in [3.63, 3.8) is 0 Å². The van der Waals surface area contributed by atoms with Gasteiger partial charge in [0.05, 0.1) is 6.54 Å². The quantitative estimate of drug-likeness (QED) is 0.667. The minimum atomic E-state index is 0.361. The van der Waals surface area contributed by atoms with Crippen LogP contribution in [0.25, 0.3) is 11.3 Å². The lowest BCUT2D eigenvalue weighted by Gasteiger charge is -2.47. The minimum absolute atomic E-state index is 0.361. The molecule has 0 unspecified atom stereocenters. The highest BCUT2D eigenvalue weighted by Crippen LogP contribution is 2.33. The van der Waals surface area contributed by atoms with E-state index in [1.165, 1.54) is 0 Å². The summed E-state index contributed by atoms with van der Waals surface area (Å²) >= 11 is 6.10. The number of rotatable bonds is 6. The second-order valence-electron chi connectivity index (χ2n) is 8.11. The zero-order valence-corrected chi connectivity index (χ0v) is 17.3. The van der Waals surface area contributed by atoms with Gasteiger partial charge < -0.3 is 9.32 Å². The van der Waals surface area contributed by atoms with Crippen molar-refractivity contribution in [3.05, 3.63) is 47.2 Å². The molecule has 2 aromatic rings. The van der Waals surface area contributed by atoms with Crippen molar-refractivity contribution in [1.29, 1.82) is 0 Å². The molecule has 1 aromatic carbocycles. The molecule has 4 rings (SSSR count). The zero-order valence-electron chi connectivity index (χ0n) is 16.6. The number of hydrogen-bond donors (Lipinski definition) is 0. The Morgan fingerprint density at radius 1 is 1.21 bits per heavy atom. The molecule has 2 fully saturated rings. The first-order valence-corrected chi connectivity index (χ1v) is 10.9. The lowest BCUT2D eigenvalue weighted by Crippen LogP contribution is -2.55. The van der Waals surface area contributed by atoms with Crippen molar-refractivity contribution in [2.75, 3.05) is 19.6 Å². The Bertz CT molecular complexity index is 818. The van der Waals surface area contributed by atoms with Gasteiger partial charge in [0.2, 0.25) is 5.91 Å². The molecular formula is C23H29ClN2O2. The molecule has 4 nitrogen and oxygen atoms in total. The number of halogens is 1. The number of nitrogens with zero attached hydrogens (tertiary/aromatic N) is 2. The fraction of sp³-hybridized carbons (Fsp3) is 0.522. The van der Waals surface area contributed by atoms with E-state index < -0.39 is 0 Å². The van der Waals surface area contributed by atoms with Crippen molar-refractivity contribution in [3.8, 4) is 11.3 Å². The van der Waals surface area contributed by atoms with Crippen molar-refractivity contribution < 1.29 is 9.21 Å². The summed E-state index contributed by atoms with van der Waals surface area (Å²) < 4.78 is 6.09. The van der Waals surface area contributed by atoms with Gasteiger partial charge in [-0.05, 0) is 49.4 Å². The summed E-state index contributed by atoms with van der Waals surface area (Å²) in [6.45, 7) is 6.01. The van der Waals surface area contributed by atoms with Crippen LogP contribution in [0, 0.1) is 5.92 Å². The molecule has 0 aliphatic carbocycles. The normalized spacial score (nSPS) is 23.1. The molecule has 2 saturated heterocycles. The van der Waals surface area contributed by atoms with Gasteiger partial charge in [0.25, 0.3) is 0 Å². The number of hydrogen-bond acceptors (Lipinski definition) is 3. The molecular weight excluding hydrogens is 372 g/mol. The zero-order chi connectivity index (χ0) is 19.5. The maximum atomic E-state index is 12.4. The summed E-state index contributed by atoms with van der Waals surface area (Å²) in [5.41, 5.74) is 1.01. The van der Waals surface area contributed by atoms with Crippen LogP contribution in [0.1, 0.15) is 44.8 Å². The monoisotopic (exact) mass is 400 g/mol. The van der Waals surface area contributed by atoms with Gasteiger partial charge in [-0.2, -0.15) is 0 Å². The molecule has 2 aliphatic heterocycles. The molecule has 2 aliphatic rings. The molecule has 3 heterocycles.